The molecule has 4 nitrogen and oxygen atoms in total. The molecule has 2 aromatic rings. The summed E-state index contributed by atoms with van der Waals surface area (Å²) in [6, 6.07) is 8.17. The van der Waals surface area contributed by atoms with E-state index in [9.17, 15) is 0 Å². The van der Waals surface area contributed by atoms with Crippen LogP contribution in [0, 0.1) is 6.92 Å². The molecule has 0 saturated heterocycles. The second kappa shape index (κ2) is 4.45. The molecule has 1 aromatic carbocycles. The predicted octanol–water partition coefficient (Wildman–Crippen LogP) is 1.29. The maximum absolute atomic E-state index is 5.53. The quantitative estimate of drug-likeness (QED) is 0.841. The van der Waals surface area contributed by atoms with Crippen molar-refractivity contribution in [3.05, 3.63) is 35.7 Å². The van der Waals surface area contributed by atoms with E-state index in [1.165, 1.54) is 5.56 Å². The van der Waals surface area contributed by atoms with E-state index in [-0.39, 0.29) is 0 Å². The van der Waals surface area contributed by atoms with Gasteiger partial charge in [-0.05, 0) is 19.0 Å². The van der Waals surface area contributed by atoms with E-state index in [2.05, 4.69) is 29.3 Å². The van der Waals surface area contributed by atoms with E-state index < -0.39 is 0 Å². The highest BCUT2D eigenvalue weighted by Crippen LogP contribution is 2.20. The van der Waals surface area contributed by atoms with Crippen LogP contribution in [0.5, 0.6) is 0 Å². The topological polar surface area (TPSA) is 56.7 Å². The zero-order chi connectivity index (χ0) is 11.5. The number of benzene rings is 1. The molecule has 0 unspecified atom stereocenters. The minimum atomic E-state index is 0.597. The average Bonchev–Trinajstić information content (AvgIpc) is 2.62. The molecule has 4 heteroatoms. The maximum Gasteiger partial charge on any atom is 0.163 e. The maximum atomic E-state index is 5.53. The molecule has 0 radical (unpaired) electrons. The fraction of sp³-hybridized carbons (Fsp3) is 0.333. The van der Waals surface area contributed by atoms with Gasteiger partial charge in [0.25, 0.3) is 0 Å². The lowest BCUT2D eigenvalue weighted by Gasteiger charge is -2.05. The Kier molecular flexibility index (Phi) is 3.01. The highest BCUT2D eigenvalue weighted by atomic mass is 15.3. The van der Waals surface area contributed by atoms with Gasteiger partial charge in [0.05, 0.1) is 0 Å². The van der Waals surface area contributed by atoms with E-state index in [1.807, 2.05) is 23.7 Å². The van der Waals surface area contributed by atoms with Gasteiger partial charge >= 0.3 is 0 Å². The van der Waals surface area contributed by atoms with Gasteiger partial charge in [0, 0.05) is 19.0 Å². The van der Waals surface area contributed by atoms with Crippen molar-refractivity contribution in [3.8, 4) is 11.4 Å². The Bertz CT molecular complexity index is 488. The van der Waals surface area contributed by atoms with Crippen molar-refractivity contribution >= 4 is 0 Å². The van der Waals surface area contributed by atoms with Gasteiger partial charge in [0.1, 0.15) is 5.82 Å². The van der Waals surface area contributed by atoms with Crippen molar-refractivity contribution < 1.29 is 0 Å². The number of aryl methyl sites for hydroxylation is 1. The summed E-state index contributed by atoms with van der Waals surface area (Å²) in [5, 5.41) is 8.38. The van der Waals surface area contributed by atoms with Gasteiger partial charge in [-0.3, -0.25) is 0 Å². The van der Waals surface area contributed by atoms with Crippen molar-refractivity contribution in [1.29, 1.82) is 0 Å². The third kappa shape index (κ3) is 1.84. The molecule has 0 atom stereocenters. The van der Waals surface area contributed by atoms with Gasteiger partial charge in [-0.2, -0.15) is 0 Å². The molecule has 0 saturated carbocycles. The van der Waals surface area contributed by atoms with Crippen LogP contribution >= 0.6 is 0 Å². The molecule has 0 fully saturated rings. The SMILES string of the molecule is Cc1ccccc1-c1nnc(CCN)n1C. The summed E-state index contributed by atoms with van der Waals surface area (Å²) in [6.07, 6.45) is 0.759. The number of nitrogens with two attached hydrogens (primary N) is 1. The van der Waals surface area contributed by atoms with Crippen LogP contribution < -0.4 is 5.73 Å². The van der Waals surface area contributed by atoms with Gasteiger partial charge in [0.15, 0.2) is 5.82 Å². The van der Waals surface area contributed by atoms with Crippen molar-refractivity contribution in [2.24, 2.45) is 12.8 Å². The summed E-state index contributed by atoms with van der Waals surface area (Å²) in [4.78, 5) is 0. The number of rotatable bonds is 3. The van der Waals surface area contributed by atoms with Crippen molar-refractivity contribution in [2.75, 3.05) is 6.54 Å². The lowest BCUT2D eigenvalue weighted by molar-refractivity contribution is 0.779. The van der Waals surface area contributed by atoms with Gasteiger partial charge < -0.3 is 10.3 Å². The summed E-state index contributed by atoms with van der Waals surface area (Å²) in [6.45, 7) is 2.67. The average molecular weight is 216 g/mol. The standard InChI is InChI=1S/C12H16N4/c1-9-5-3-4-6-10(9)12-15-14-11(7-8-13)16(12)2/h3-6H,7-8,13H2,1-2H3. The van der Waals surface area contributed by atoms with Gasteiger partial charge in [-0.25, -0.2) is 0 Å². The predicted molar refractivity (Wildman–Crippen MR) is 63.9 cm³/mol. The van der Waals surface area contributed by atoms with Crippen LogP contribution in [0.25, 0.3) is 11.4 Å². The van der Waals surface area contributed by atoms with Crippen LogP contribution in [0.2, 0.25) is 0 Å². The number of hydrogen-bond acceptors (Lipinski definition) is 3. The fourth-order valence-electron chi connectivity index (χ4n) is 1.77. The van der Waals surface area contributed by atoms with Crippen LogP contribution in [0.1, 0.15) is 11.4 Å². The molecule has 1 heterocycles. The van der Waals surface area contributed by atoms with Crippen molar-refractivity contribution in [1.82, 2.24) is 14.8 Å². The second-order valence-electron chi connectivity index (χ2n) is 3.85. The first-order valence-corrected chi connectivity index (χ1v) is 5.38. The highest BCUT2D eigenvalue weighted by Gasteiger charge is 2.11. The monoisotopic (exact) mass is 216 g/mol. The Hall–Kier alpha value is -1.68. The number of hydrogen-bond donors (Lipinski definition) is 1. The minimum absolute atomic E-state index is 0.597. The third-order valence-corrected chi connectivity index (χ3v) is 2.72. The summed E-state index contributed by atoms with van der Waals surface area (Å²) >= 11 is 0. The van der Waals surface area contributed by atoms with Crippen LogP contribution in [0.3, 0.4) is 0 Å². The molecule has 1 aromatic heterocycles. The van der Waals surface area contributed by atoms with E-state index in [1.54, 1.807) is 0 Å². The van der Waals surface area contributed by atoms with Crippen LogP contribution in [0.4, 0.5) is 0 Å². The first-order chi connectivity index (χ1) is 7.74. The number of nitrogens with zero attached hydrogens (tertiary/aromatic N) is 3. The molecule has 2 rings (SSSR count). The summed E-state index contributed by atoms with van der Waals surface area (Å²) < 4.78 is 2.01. The second-order valence-corrected chi connectivity index (χ2v) is 3.85. The summed E-state index contributed by atoms with van der Waals surface area (Å²) in [5.41, 5.74) is 7.86. The van der Waals surface area contributed by atoms with Crippen molar-refractivity contribution in [3.63, 3.8) is 0 Å². The van der Waals surface area contributed by atoms with Gasteiger partial charge in [-0.15, -0.1) is 10.2 Å². The molecular weight excluding hydrogens is 200 g/mol. The normalized spacial score (nSPS) is 10.7. The number of aromatic nitrogens is 3. The molecule has 16 heavy (non-hydrogen) atoms. The molecule has 0 aliphatic heterocycles. The Balaban J connectivity index is 2.45. The Morgan fingerprint density at radius 1 is 1.25 bits per heavy atom. The minimum Gasteiger partial charge on any atom is -0.330 e. The van der Waals surface area contributed by atoms with Crippen LogP contribution in [-0.2, 0) is 13.5 Å². The smallest absolute Gasteiger partial charge is 0.163 e. The molecule has 0 spiro atoms. The van der Waals surface area contributed by atoms with Crippen molar-refractivity contribution in [2.45, 2.75) is 13.3 Å². The molecule has 2 N–H and O–H groups in total. The lowest BCUT2D eigenvalue weighted by Crippen LogP contribution is -2.08. The van der Waals surface area contributed by atoms with E-state index in [0.717, 1.165) is 23.6 Å². The zero-order valence-electron chi connectivity index (χ0n) is 9.64. The zero-order valence-corrected chi connectivity index (χ0v) is 9.64. The van der Waals surface area contributed by atoms with E-state index in [0.29, 0.717) is 6.54 Å². The molecule has 84 valence electrons. The lowest BCUT2D eigenvalue weighted by atomic mass is 10.1. The Morgan fingerprint density at radius 3 is 2.69 bits per heavy atom. The largest absolute Gasteiger partial charge is 0.330 e. The van der Waals surface area contributed by atoms with E-state index in [4.69, 9.17) is 5.73 Å². The van der Waals surface area contributed by atoms with E-state index >= 15 is 0 Å². The molecule has 0 bridgehead atoms. The Morgan fingerprint density at radius 2 is 2.00 bits per heavy atom. The molecule has 0 aliphatic carbocycles. The first kappa shape index (κ1) is 10.8. The molecule has 0 amide bonds. The summed E-state index contributed by atoms with van der Waals surface area (Å²) in [7, 11) is 1.98. The summed E-state index contributed by atoms with van der Waals surface area (Å²) in [5.74, 6) is 1.84. The third-order valence-electron chi connectivity index (χ3n) is 2.72. The van der Waals surface area contributed by atoms with Crippen LogP contribution in [0.15, 0.2) is 24.3 Å². The van der Waals surface area contributed by atoms with Gasteiger partial charge in [-0.1, -0.05) is 24.3 Å². The van der Waals surface area contributed by atoms with Crippen LogP contribution in [-0.4, -0.2) is 21.3 Å². The van der Waals surface area contributed by atoms with Gasteiger partial charge in [0.2, 0.25) is 0 Å². The first-order valence-electron chi connectivity index (χ1n) is 5.38. The molecule has 0 aliphatic rings. The molecular formula is C12H16N4. The Labute approximate surface area is 95.1 Å². The fourth-order valence-corrected chi connectivity index (χ4v) is 1.77. The highest BCUT2D eigenvalue weighted by molar-refractivity contribution is 5.59.